The first-order valence-electron chi connectivity index (χ1n) is 23.9. The van der Waals surface area contributed by atoms with E-state index in [1.54, 1.807) is 0 Å². The number of aromatic carboxylic acids is 1. The van der Waals surface area contributed by atoms with Crippen LogP contribution >= 0.6 is 0 Å². The van der Waals surface area contributed by atoms with Crippen LogP contribution in [0, 0.1) is 11.6 Å². The molecule has 2 saturated carbocycles. The number of aliphatic hydroxyl groups is 2. The number of alkyl halides is 1. The van der Waals surface area contributed by atoms with Crippen molar-refractivity contribution >= 4 is 81.4 Å². The molecule has 1 aromatic carbocycles. The summed E-state index contributed by atoms with van der Waals surface area (Å²) in [6, 6.07) is 3.60. The number of aliphatic hydroxyl groups excluding tert-OH is 2. The number of halogens is 3. The third-order valence-corrected chi connectivity index (χ3v) is 18.8. The van der Waals surface area contributed by atoms with Gasteiger partial charge in [-0.25, -0.2) is 59.7 Å². The van der Waals surface area contributed by atoms with Crippen molar-refractivity contribution < 1.29 is 65.8 Å². The summed E-state index contributed by atoms with van der Waals surface area (Å²) < 4.78 is 105. The fourth-order valence-electron chi connectivity index (χ4n) is 8.02. The summed E-state index contributed by atoms with van der Waals surface area (Å²) in [5.74, 6) is -2.88. The second-order valence-corrected chi connectivity index (χ2v) is 36.3. The third-order valence-electron chi connectivity index (χ3n) is 12.2. The van der Waals surface area contributed by atoms with Crippen LogP contribution in [-0.4, -0.2) is 167 Å². The number of benzene rings is 1. The quantitative estimate of drug-likeness (QED) is 0.0463. The fourth-order valence-corrected chi connectivity index (χ4v) is 11.7. The normalized spacial score (nSPS) is 20.5. The summed E-state index contributed by atoms with van der Waals surface area (Å²) in [5, 5.41) is 46.7. The van der Waals surface area contributed by atoms with E-state index in [4.69, 9.17) is 10.8 Å². The van der Waals surface area contributed by atoms with Crippen LogP contribution in [-0.2, 0) is 49.2 Å². The third kappa shape index (κ3) is 15.9. The molecule has 6 N–H and O–H groups in total. The van der Waals surface area contributed by atoms with E-state index < -0.39 is 101 Å². The van der Waals surface area contributed by atoms with Gasteiger partial charge in [-0.2, -0.15) is 10.2 Å². The van der Waals surface area contributed by atoms with Crippen LogP contribution in [0.3, 0.4) is 0 Å². The zero-order chi connectivity index (χ0) is 54.9. The highest BCUT2D eigenvalue weighted by molar-refractivity contribution is 7.91. The van der Waals surface area contributed by atoms with Crippen LogP contribution in [0.25, 0.3) is 22.1 Å². The van der Waals surface area contributed by atoms with Crippen LogP contribution in [0.2, 0.25) is 51.4 Å². The molecule has 7 rings (SSSR count). The van der Waals surface area contributed by atoms with Gasteiger partial charge in [0.1, 0.15) is 69.1 Å². The van der Waals surface area contributed by atoms with Gasteiger partial charge in [0.15, 0.2) is 22.7 Å². The summed E-state index contributed by atoms with van der Waals surface area (Å²) in [5.41, 5.74) is 0.201. The molecule has 22 nitrogen and oxygen atoms in total. The molecule has 404 valence electrons. The van der Waals surface area contributed by atoms with Crippen molar-refractivity contribution in [2.45, 2.75) is 132 Å². The Morgan fingerprint density at radius 1 is 0.753 bits per heavy atom. The van der Waals surface area contributed by atoms with Gasteiger partial charge in [-0.05, 0) is 56.0 Å². The predicted molar refractivity (Wildman–Crippen MR) is 273 cm³/mol. The molecule has 0 radical (unpaired) electrons. The molecule has 1 amide bonds. The maximum absolute atomic E-state index is 14.1. The van der Waals surface area contributed by atoms with Crippen LogP contribution in [0.1, 0.15) is 53.6 Å². The van der Waals surface area contributed by atoms with Gasteiger partial charge < -0.3 is 40.7 Å². The molecule has 29 heteroatoms. The highest BCUT2D eigenvalue weighted by Crippen LogP contribution is 2.33. The number of amides is 1. The lowest BCUT2D eigenvalue weighted by molar-refractivity contribution is 0.0675. The number of carboxylic acids is 1. The number of ether oxygens (including phenoxy) is 2. The maximum atomic E-state index is 14.1. The molecule has 5 aromatic rings. The van der Waals surface area contributed by atoms with E-state index in [0.29, 0.717) is 13.2 Å². The van der Waals surface area contributed by atoms with Gasteiger partial charge in [0.05, 0.1) is 54.1 Å². The van der Waals surface area contributed by atoms with Gasteiger partial charge in [-0.15, -0.1) is 0 Å². The van der Waals surface area contributed by atoms with E-state index in [0.717, 1.165) is 42.8 Å². The van der Waals surface area contributed by atoms with Gasteiger partial charge in [-0.3, -0.25) is 9.18 Å². The Bertz CT molecular complexity index is 2990. The second-order valence-electron chi connectivity index (χ2n) is 20.4. The van der Waals surface area contributed by atoms with E-state index >= 15 is 0 Å². The number of fused-ring (bicyclic) bond motifs is 2. The maximum Gasteiger partial charge on any atom is 0.357 e. The first kappa shape index (κ1) is 57.1. The van der Waals surface area contributed by atoms with Crippen molar-refractivity contribution in [1.29, 1.82) is 0 Å². The topological polar surface area (TPSA) is 305 Å². The standard InChI is InChI=1S/C25H34F2N6O5SSi.C18H29N5O6SSi.CH3F/c1-39(36,37)17-10-19(20(34)11-17)31-23-21-22(25(35)28-12-15-9-16(26)5-6-18(15)27)32-33(24(21)30-13-29-23)14-38-7-8-40(2,3)4;1-30(27,28)11-7-12(13(24)8-11)21-16-14-15(18(25)26)22-23(17(14)20-9-19-16)10-29-5-6-31(2,3)4;1-2/h5-6,9,13,17,19-20,34H,7-8,10-12,14H2,1-4H3,(H,28,35)(H,29,30,31);9,11-13,24H,5-8,10H2,1-4H3,(H,25,26)(H,19,20,21);1H3/t17-,19?,20-;11-,12?,13-;/m11./s1/i;;1D. The minimum absolute atomic E-state index is 0.00540. The van der Waals surface area contributed by atoms with Crippen molar-refractivity contribution in [3.05, 3.63) is 59.4 Å². The van der Waals surface area contributed by atoms with Gasteiger partial charge in [0, 0.05) is 54.0 Å². The molecule has 0 bridgehead atoms. The van der Waals surface area contributed by atoms with Crippen molar-refractivity contribution in [3.63, 3.8) is 0 Å². The van der Waals surface area contributed by atoms with Gasteiger partial charge in [-0.1, -0.05) is 39.3 Å². The highest BCUT2D eigenvalue weighted by atomic mass is 32.2. The molecule has 0 aliphatic heterocycles. The van der Waals surface area contributed by atoms with E-state index in [2.05, 4.69) is 85.4 Å². The lowest BCUT2D eigenvalue weighted by Crippen LogP contribution is -2.29. The van der Waals surface area contributed by atoms with Crippen LogP contribution in [0.15, 0.2) is 30.9 Å². The highest BCUT2D eigenvalue weighted by Gasteiger charge is 2.40. The number of rotatable bonds is 20. The van der Waals surface area contributed by atoms with E-state index in [1.165, 1.54) is 22.0 Å². The zero-order valence-electron chi connectivity index (χ0n) is 43.0. The van der Waals surface area contributed by atoms with Crippen LogP contribution in [0.4, 0.5) is 24.8 Å². The number of nitrogens with zero attached hydrogens (tertiary/aromatic N) is 8. The lowest BCUT2D eigenvalue weighted by atomic mass is 10.2. The average Bonchev–Trinajstić information content (AvgIpc) is 4.08. The number of hydrogen-bond acceptors (Lipinski definition) is 18. The zero-order valence-corrected chi connectivity index (χ0v) is 45.6. The monoisotopic (exact) mass is 1100 g/mol. The smallest absolute Gasteiger partial charge is 0.357 e. The largest absolute Gasteiger partial charge is 0.476 e. The summed E-state index contributed by atoms with van der Waals surface area (Å²) in [6.07, 6.45) is 3.48. The lowest BCUT2D eigenvalue weighted by Gasteiger charge is -2.17. The van der Waals surface area contributed by atoms with E-state index in [1.807, 2.05) is 0 Å². The SMILES string of the molecule is C[Si](C)(C)CCOCn1nc(C(=O)NCc2cc(F)ccc2F)c2c(NC3C[C@@H](S(C)(=O)=O)C[C@H]3O)ncnc21.C[Si](C)(C)CCOCn1nc(C(=O)O)c2c(NC3C[C@@H](S(C)(=O)=O)C[C@H]3O)ncnc21.[2H]CF. The predicted octanol–water partition coefficient (Wildman–Crippen LogP) is 4.47. The van der Waals surface area contributed by atoms with E-state index in [-0.39, 0.29) is 96.3 Å². The first-order valence-corrected chi connectivity index (χ1v) is 34.5. The summed E-state index contributed by atoms with van der Waals surface area (Å²) >= 11 is 0. The number of carbonyl (C=O) groups is 2. The Morgan fingerprint density at radius 2 is 1.19 bits per heavy atom. The Kier molecular flexibility index (Phi) is 19.1. The second kappa shape index (κ2) is 24.4. The fraction of sp³-hybridized carbons (Fsp3) is 0.591. The van der Waals surface area contributed by atoms with Crippen molar-refractivity contribution in [1.82, 2.24) is 44.8 Å². The minimum atomic E-state index is -3.37. The van der Waals surface area contributed by atoms with Crippen LogP contribution in [0.5, 0.6) is 0 Å². The summed E-state index contributed by atoms with van der Waals surface area (Å²) in [7, 11) is -10.3. The Morgan fingerprint density at radius 3 is 1.60 bits per heavy atom. The van der Waals surface area contributed by atoms with Crippen molar-refractivity contribution in [2.24, 2.45) is 0 Å². The van der Waals surface area contributed by atoms with Crippen molar-refractivity contribution in [3.8, 4) is 0 Å². The molecule has 2 fully saturated rings. The molecule has 4 aromatic heterocycles. The molecule has 2 aliphatic rings. The number of anilines is 2. The first-order chi connectivity index (χ1) is 34.5. The molecular weight excluding hydrogens is 1040 g/mol. The van der Waals surface area contributed by atoms with Gasteiger partial charge >= 0.3 is 5.97 Å². The number of sulfone groups is 2. The van der Waals surface area contributed by atoms with Gasteiger partial charge in [0.25, 0.3) is 5.91 Å². The molecule has 2 unspecified atom stereocenters. The number of carboxylic acid groups (broad SMARTS) is 1. The minimum Gasteiger partial charge on any atom is -0.476 e. The molecule has 73 heavy (non-hydrogen) atoms. The molecule has 6 atom stereocenters. The number of nitrogens with one attached hydrogen (secondary N) is 3. The number of aromatic nitrogens is 8. The van der Waals surface area contributed by atoms with Crippen molar-refractivity contribution in [2.75, 3.05) is 43.5 Å². The summed E-state index contributed by atoms with van der Waals surface area (Å²) in [6.45, 7) is 14.2. The Labute approximate surface area is 425 Å². The molecule has 0 spiro atoms. The molecule has 0 saturated heterocycles. The average molecular weight is 1100 g/mol. The number of carbonyl (C=O) groups excluding carboxylic acids is 1. The van der Waals surface area contributed by atoms with Crippen LogP contribution < -0.4 is 16.0 Å². The summed E-state index contributed by atoms with van der Waals surface area (Å²) in [4.78, 5) is 42.0. The van der Waals surface area contributed by atoms with Gasteiger partial charge in [0.2, 0.25) is 0 Å². The Hall–Kier alpha value is -5.18. The van der Waals surface area contributed by atoms with E-state index in [9.17, 15) is 54.9 Å². The molecular formula is C44H66F3N11O11S2Si2. The molecule has 4 heterocycles. The molecule has 2 aliphatic carbocycles. The number of hydrogen-bond donors (Lipinski definition) is 6. The Balaban J connectivity index is 0.000000268.